The molecule has 5 heterocycles. The number of nitrogen functional groups attached to an aromatic ring is 1. The van der Waals surface area contributed by atoms with Gasteiger partial charge in [0, 0.05) is 23.9 Å². The van der Waals surface area contributed by atoms with Crippen molar-refractivity contribution >= 4 is 54.7 Å². The lowest BCUT2D eigenvalue weighted by Gasteiger charge is -2.32. The summed E-state index contributed by atoms with van der Waals surface area (Å²) >= 11 is 7.74. The maximum atomic E-state index is 17.0. The Kier molecular flexibility index (Phi) is 7.76. The third-order valence-corrected chi connectivity index (χ3v) is 10.7. The minimum Gasteiger partial charge on any atom is -0.489 e. The van der Waals surface area contributed by atoms with E-state index in [1.165, 1.54) is 11.0 Å². The van der Waals surface area contributed by atoms with Crippen LogP contribution in [0.25, 0.3) is 32.1 Å². The average molecular weight is 679 g/mol. The van der Waals surface area contributed by atoms with Crippen molar-refractivity contribution in [2.45, 2.75) is 56.8 Å². The number of halogens is 6. The lowest BCUT2D eigenvalue weighted by atomic mass is 9.95. The number of thiophene rings is 1. The zero-order valence-electron chi connectivity index (χ0n) is 24.6. The Labute approximate surface area is 269 Å². The van der Waals surface area contributed by atoms with Crippen molar-refractivity contribution in [3.05, 3.63) is 34.4 Å². The quantitative estimate of drug-likeness (QED) is 0.207. The molecule has 7 rings (SSSR count). The largest absolute Gasteiger partial charge is 0.489 e. The third kappa shape index (κ3) is 4.77. The lowest BCUT2D eigenvalue weighted by molar-refractivity contribution is 0.107. The van der Waals surface area contributed by atoms with Gasteiger partial charge in [0.2, 0.25) is 0 Å². The minimum atomic E-state index is -2.77. The molecule has 3 aliphatic heterocycles. The number of ether oxygens (including phenoxy) is 2. The molecule has 0 aliphatic carbocycles. The maximum absolute atomic E-state index is 17.0. The van der Waals surface area contributed by atoms with E-state index in [-0.39, 0.29) is 91.5 Å². The van der Waals surface area contributed by atoms with Gasteiger partial charge in [-0.1, -0.05) is 24.6 Å². The molecule has 2 aromatic carbocycles. The number of anilines is 2. The first-order chi connectivity index (χ1) is 22.1. The van der Waals surface area contributed by atoms with Crippen molar-refractivity contribution in [1.29, 1.82) is 5.26 Å². The summed E-state index contributed by atoms with van der Waals surface area (Å²) in [5, 5.41) is 9.73. The van der Waals surface area contributed by atoms with Crippen LogP contribution in [-0.2, 0) is 0 Å². The molecule has 2 fully saturated rings. The van der Waals surface area contributed by atoms with Crippen LogP contribution >= 0.6 is 22.9 Å². The molecule has 2 saturated heterocycles. The molecule has 8 nitrogen and oxygen atoms in total. The van der Waals surface area contributed by atoms with Crippen molar-refractivity contribution in [2.75, 3.05) is 43.5 Å². The molecule has 2 N–H and O–H groups in total. The van der Waals surface area contributed by atoms with E-state index in [2.05, 4.69) is 9.97 Å². The molecule has 3 aliphatic rings. The first-order valence-corrected chi connectivity index (χ1v) is 16.1. The Bertz CT molecular complexity index is 1920. The summed E-state index contributed by atoms with van der Waals surface area (Å²) < 4.78 is 86.6. The summed E-state index contributed by atoms with van der Waals surface area (Å²) in [6, 6.07) is 3.51. The Morgan fingerprint density at radius 1 is 1.28 bits per heavy atom. The number of nitriles is 1. The lowest BCUT2D eigenvalue weighted by Crippen LogP contribution is -2.44. The van der Waals surface area contributed by atoms with Crippen molar-refractivity contribution < 1.29 is 31.4 Å². The number of hydrogen-bond donors (Lipinski definition) is 1. The van der Waals surface area contributed by atoms with E-state index in [1.54, 1.807) is 6.92 Å². The molecule has 3 atom stereocenters. The summed E-state index contributed by atoms with van der Waals surface area (Å²) in [5.41, 5.74) is 4.94. The van der Waals surface area contributed by atoms with E-state index in [1.807, 2.05) is 11.0 Å². The normalized spacial score (nSPS) is 22.8. The van der Waals surface area contributed by atoms with Gasteiger partial charge in [-0.3, -0.25) is 4.90 Å². The van der Waals surface area contributed by atoms with Crippen LogP contribution in [0.5, 0.6) is 11.8 Å². The molecule has 0 amide bonds. The Morgan fingerprint density at radius 3 is 2.83 bits per heavy atom. The van der Waals surface area contributed by atoms with E-state index in [0.29, 0.717) is 12.8 Å². The second kappa shape index (κ2) is 11.5. The van der Waals surface area contributed by atoms with Gasteiger partial charge in [0.05, 0.1) is 38.8 Å². The molecule has 0 unspecified atom stereocenters. The Balaban J connectivity index is 1.47. The van der Waals surface area contributed by atoms with E-state index in [4.69, 9.17) is 26.8 Å². The van der Waals surface area contributed by atoms with E-state index in [0.717, 1.165) is 30.4 Å². The molecule has 0 saturated carbocycles. The van der Waals surface area contributed by atoms with Crippen molar-refractivity contribution in [3.8, 4) is 29.0 Å². The van der Waals surface area contributed by atoms with Crippen LogP contribution in [-0.4, -0.2) is 71.9 Å². The molecule has 15 heteroatoms. The molecule has 2 aromatic heterocycles. The Morgan fingerprint density at radius 2 is 2.09 bits per heavy atom. The van der Waals surface area contributed by atoms with Crippen LogP contribution in [0.15, 0.2) is 12.1 Å². The fourth-order valence-electron chi connectivity index (χ4n) is 7.20. The van der Waals surface area contributed by atoms with Crippen LogP contribution in [0.1, 0.15) is 38.2 Å². The molecule has 0 radical (unpaired) electrons. The zero-order valence-corrected chi connectivity index (χ0v) is 26.1. The highest BCUT2D eigenvalue weighted by Crippen LogP contribution is 2.51. The van der Waals surface area contributed by atoms with Gasteiger partial charge in [0.1, 0.15) is 47.6 Å². The van der Waals surface area contributed by atoms with Crippen LogP contribution in [0.2, 0.25) is 5.02 Å². The van der Waals surface area contributed by atoms with Gasteiger partial charge >= 0.3 is 6.01 Å². The zero-order chi connectivity index (χ0) is 32.5. The molecule has 46 heavy (non-hydrogen) atoms. The van der Waals surface area contributed by atoms with E-state index >= 15 is 4.39 Å². The summed E-state index contributed by atoms with van der Waals surface area (Å²) in [4.78, 5) is 12.3. The third-order valence-electron chi connectivity index (χ3n) is 9.31. The van der Waals surface area contributed by atoms with Crippen molar-refractivity contribution in [3.63, 3.8) is 0 Å². The number of aromatic nitrogens is 2. The highest BCUT2D eigenvalue weighted by atomic mass is 35.5. The average Bonchev–Trinajstić information content (AvgIpc) is 3.63. The highest BCUT2D eigenvalue weighted by molar-refractivity contribution is 7.23. The van der Waals surface area contributed by atoms with Gasteiger partial charge in [0.15, 0.2) is 11.6 Å². The number of hydrogen-bond acceptors (Lipinski definition) is 9. The number of fused-ring (bicyclic) bond motifs is 2. The number of benzene rings is 2. The molecular weight excluding hydrogens is 651 g/mol. The predicted octanol–water partition coefficient (Wildman–Crippen LogP) is 7.09. The SMILES string of the molecule is CC[C@H]1COc2c(Cl)c(-c3ccc(F)c4sc(N)c(C#N)c34)c(F)c3nc(OC[C@@]45CCCN4C[C@H](F)C5)nc(c23)N1CC(F)F. The fraction of sp³-hybridized carbons (Fsp3) is 0.452. The summed E-state index contributed by atoms with van der Waals surface area (Å²) in [6.45, 7) is 2.01. The molecular formula is C31H28ClF5N6O2S. The number of nitrogens with zero attached hydrogens (tertiary/aromatic N) is 5. The second-order valence-electron chi connectivity index (χ2n) is 11.9. The van der Waals surface area contributed by atoms with Crippen molar-refractivity contribution in [1.82, 2.24) is 14.9 Å². The van der Waals surface area contributed by atoms with Gasteiger partial charge in [-0.25, -0.2) is 22.0 Å². The smallest absolute Gasteiger partial charge is 0.319 e. The van der Waals surface area contributed by atoms with Gasteiger partial charge in [0.25, 0.3) is 6.43 Å². The number of nitrogens with two attached hydrogens (primary N) is 1. The van der Waals surface area contributed by atoms with Gasteiger partial charge in [-0.15, -0.1) is 11.3 Å². The van der Waals surface area contributed by atoms with Crippen LogP contribution in [0, 0.1) is 23.0 Å². The Hall–Kier alpha value is -3.67. The molecule has 0 bridgehead atoms. The first kappa shape index (κ1) is 31.0. The van der Waals surface area contributed by atoms with Crippen LogP contribution < -0.4 is 20.1 Å². The standard InChI is InChI=1S/C31H28ClF5N6O2S/c1-2-15-12-44-26-22-25(24(37)21(23(26)32)16-4-5-18(34)27-20(16)17(9-38)28(39)46-27)40-30(41-29(22)43(15)11-19(35)36)45-13-31-6-3-7-42(31)10-14(33)8-31/h4-5,14-15,19H,2-3,6-8,10-13,39H2,1H3/t14-,15+,31+/m1/s1. The van der Waals surface area contributed by atoms with E-state index in [9.17, 15) is 22.8 Å². The van der Waals surface area contributed by atoms with Crippen LogP contribution in [0.4, 0.5) is 32.8 Å². The minimum absolute atomic E-state index is 0.0220. The van der Waals surface area contributed by atoms with E-state index < -0.39 is 42.4 Å². The topological polar surface area (TPSA) is 101 Å². The maximum Gasteiger partial charge on any atom is 0.319 e. The second-order valence-corrected chi connectivity index (χ2v) is 13.3. The highest BCUT2D eigenvalue weighted by Gasteiger charge is 2.49. The predicted molar refractivity (Wildman–Crippen MR) is 166 cm³/mol. The number of rotatable bonds is 7. The molecule has 0 spiro atoms. The van der Waals surface area contributed by atoms with Gasteiger partial charge in [-0.05, 0) is 37.4 Å². The molecule has 4 aromatic rings. The monoisotopic (exact) mass is 678 g/mol. The van der Waals surface area contributed by atoms with Crippen molar-refractivity contribution in [2.24, 2.45) is 0 Å². The summed E-state index contributed by atoms with van der Waals surface area (Å²) in [6.07, 6.45) is -1.58. The number of alkyl halides is 3. The van der Waals surface area contributed by atoms with Gasteiger partial charge < -0.3 is 20.1 Å². The summed E-state index contributed by atoms with van der Waals surface area (Å²) in [7, 11) is 0. The summed E-state index contributed by atoms with van der Waals surface area (Å²) in [5.74, 6) is -1.70. The van der Waals surface area contributed by atoms with Crippen LogP contribution in [0.3, 0.4) is 0 Å². The van der Waals surface area contributed by atoms with Gasteiger partial charge in [-0.2, -0.15) is 15.2 Å². The fourth-order valence-corrected chi connectivity index (χ4v) is 8.48. The first-order valence-electron chi connectivity index (χ1n) is 14.9. The molecule has 242 valence electrons.